The van der Waals surface area contributed by atoms with E-state index in [4.69, 9.17) is 4.74 Å². The minimum Gasteiger partial charge on any atom is -0.377 e. The fraction of sp³-hybridized carbons (Fsp3) is 1.00. The molecule has 1 aliphatic heterocycles. The number of hydrogen-bond acceptors (Lipinski definition) is 3. The first-order valence-corrected chi connectivity index (χ1v) is 7.38. The van der Waals surface area contributed by atoms with E-state index in [0.29, 0.717) is 22.9 Å². The van der Waals surface area contributed by atoms with Crippen molar-refractivity contribution in [3.63, 3.8) is 0 Å². The van der Waals surface area contributed by atoms with E-state index >= 15 is 0 Å². The average Bonchev–Trinajstić information content (AvgIpc) is 2.66. The van der Waals surface area contributed by atoms with Crippen molar-refractivity contribution >= 4 is 11.8 Å². The predicted octanol–water partition coefficient (Wildman–Crippen LogP) is 3.06. The summed E-state index contributed by atoms with van der Waals surface area (Å²) in [4.78, 5) is 0. The maximum absolute atomic E-state index is 5.69. The summed E-state index contributed by atoms with van der Waals surface area (Å²) in [5, 5.41) is 3.65. The second-order valence-corrected chi connectivity index (χ2v) is 7.68. The van der Waals surface area contributed by atoms with Gasteiger partial charge in [-0.05, 0) is 26.7 Å². The Hall–Kier alpha value is 0.270. The lowest BCUT2D eigenvalue weighted by Crippen LogP contribution is -2.43. The highest BCUT2D eigenvalue weighted by Gasteiger charge is 2.23. The lowest BCUT2D eigenvalue weighted by atomic mass is 10.1. The van der Waals surface area contributed by atoms with Crippen LogP contribution in [0.25, 0.3) is 0 Å². The summed E-state index contributed by atoms with van der Waals surface area (Å²) >= 11 is 2.02. The summed E-state index contributed by atoms with van der Waals surface area (Å²) in [6.45, 7) is 12.3. The van der Waals surface area contributed by atoms with Gasteiger partial charge in [-0.3, -0.25) is 0 Å². The molecule has 0 spiro atoms. The van der Waals surface area contributed by atoms with Gasteiger partial charge in [-0.1, -0.05) is 20.8 Å². The van der Waals surface area contributed by atoms with Gasteiger partial charge in [-0.25, -0.2) is 0 Å². The summed E-state index contributed by atoms with van der Waals surface area (Å²) in [7, 11) is 0. The SMILES string of the molecule is C[C@H](CSC(C)(C)C)N[C@@H](C)[C@H]1CCCO1. The van der Waals surface area contributed by atoms with Crippen LogP contribution in [0.5, 0.6) is 0 Å². The van der Waals surface area contributed by atoms with Crippen molar-refractivity contribution in [2.45, 2.75) is 70.4 Å². The molecule has 96 valence electrons. The molecular weight excluding hydrogens is 218 g/mol. The first kappa shape index (κ1) is 14.3. The zero-order valence-corrected chi connectivity index (χ0v) is 12.2. The Kier molecular flexibility index (Phi) is 5.62. The van der Waals surface area contributed by atoms with Crippen LogP contribution in [-0.4, -0.2) is 35.3 Å². The molecule has 16 heavy (non-hydrogen) atoms. The van der Waals surface area contributed by atoms with Crippen LogP contribution in [0.3, 0.4) is 0 Å². The van der Waals surface area contributed by atoms with E-state index < -0.39 is 0 Å². The molecule has 1 rings (SSSR count). The quantitative estimate of drug-likeness (QED) is 0.804. The van der Waals surface area contributed by atoms with Gasteiger partial charge >= 0.3 is 0 Å². The first-order valence-electron chi connectivity index (χ1n) is 6.40. The van der Waals surface area contributed by atoms with E-state index in [1.165, 1.54) is 18.6 Å². The molecular formula is C13H27NOS. The fourth-order valence-electron chi connectivity index (χ4n) is 1.98. The van der Waals surface area contributed by atoms with Crippen molar-refractivity contribution in [3.05, 3.63) is 0 Å². The van der Waals surface area contributed by atoms with Gasteiger partial charge in [-0.15, -0.1) is 0 Å². The van der Waals surface area contributed by atoms with Gasteiger partial charge in [0.2, 0.25) is 0 Å². The molecule has 1 fully saturated rings. The van der Waals surface area contributed by atoms with Crippen LogP contribution in [0, 0.1) is 0 Å². The van der Waals surface area contributed by atoms with E-state index in [1.54, 1.807) is 0 Å². The zero-order valence-electron chi connectivity index (χ0n) is 11.4. The van der Waals surface area contributed by atoms with E-state index in [2.05, 4.69) is 39.9 Å². The third-order valence-corrected chi connectivity index (χ3v) is 4.37. The summed E-state index contributed by atoms with van der Waals surface area (Å²) in [6, 6.07) is 1.04. The maximum Gasteiger partial charge on any atom is 0.0726 e. The van der Waals surface area contributed by atoms with Crippen molar-refractivity contribution in [3.8, 4) is 0 Å². The monoisotopic (exact) mass is 245 g/mol. The topological polar surface area (TPSA) is 21.3 Å². The third-order valence-electron chi connectivity index (χ3n) is 2.84. The maximum atomic E-state index is 5.69. The van der Waals surface area contributed by atoms with Gasteiger partial charge in [-0.2, -0.15) is 11.8 Å². The summed E-state index contributed by atoms with van der Waals surface area (Å²) in [5.74, 6) is 1.17. The van der Waals surface area contributed by atoms with Gasteiger partial charge in [0.25, 0.3) is 0 Å². The minimum atomic E-state index is 0.364. The Morgan fingerprint density at radius 3 is 2.56 bits per heavy atom. The molecule has 0 aliphatic carbocycles. The fourth-order valence-corrected chi connectivity index (χ4v) is 2.82. The predicted molar refractivity (Wildman–Crippen MR) is 73.2 cm³/mol. The van der Waals surface area contributed by atoms with E-state index in [1.807, 2.05) is 11.8 Å². The highest BCUT2D eigenvalue weighted by atomic mass is 32.2. The number of thioether (sulfide) groups is 1. The molecule has 0 aromatic carbocycles. The van der Waals surface area contributed by atoms with Crippen LogP contribution in [0.2, 0.25) is 0 Å². The molecule has 0 unspecified atom stereocenters. The van der Waals surface area contributed by atoms with Crippen LogP contribution in [0.1, 0.15) is 47.5 Å². The molecule has 1 aliphatic rings. The van der Waals surface area contributed by atoms with Crippen LogP contribution < -0.4 is 5.32 Å². The largest absolute Gasteiger partial charge is 0.377 e. The van der Waals surface area contributed by atoms with Crippen LogP contribution >= 0.6 is 11.8 Å². The van der Waals surface area contributed by atoms with Crippen LogP contribution in [0.4, 0.5) is 0 Å². The van der Waals surface area contributed by atoms with Crippen molar-refractivity contribution in [1.29, 1.82) is 0 Å². The van der Waals surface area contributed by atoms with Gasteiger partial charge in [0, 0.05) is 29.2 Å². The Labute approximate surface area is 105 Å². The number of ether oxygens (including phenoxy) is 1. The summed E-state index contributed by atoms with van der Waals surface area (Å²) in [6.07, 6.45) is 2.87. The molecule has 1 heterocycles. The third kappa shape index (κ3) is 5.55. The van der Waals surface area contributed by atoms with Crippen LogP contribution in [-0.2, 0) is 4.74 Å². The lowest BCUT2D eigenvalue weighted by Gasteiger charge is -2.26. The standard InChI is InChI=1S/C13H27NOS/c1-10(9-16-13(3,4)5)14-11(2)12-7-6-8-15-12/h10-12,14H,6-9H2,1-5H3/t10-,11+,12-/m1/s1. The average molecular weight is 245 g/mol. The van der Waals surface area contributed by atoms with E-state index in [-0.39, 0.29) is 0 Å². The highest BCUT2D eigenvalue weighted by Crippen LogP contribution is 2.24. The Balaban J connectivity index is 2.19. The summed E-state index contributed by atoms with van der Waals surface area (Å²) in [5.41, 5.74) is 0. The lowest BCUT2D eigenvalue weighted by molar-refractivity contribution is 0.0813. The Bertz CT molecular complexity index is 197. The smallest absolute Gasteiger partial charge is 0.0726 e. The molecule has 2 nitrogen and oxygen atoms in total. The molecule has 3 atom stereocenters. The zero-order chi connectivity index (χ0) is 12.2. The molecule has 0 saturated carbocycles. The van der Waals surface area contributed by atoms with Crippen molar-refractivity contribution < 1.29 is 4.74 Å². The second kappa shape index (κ2) is 6.27. The van der Waals surface area contributed by atoms with Crippen molar-refractivity contribution in [1.82, 2.24) is 5.32 Å². The van der Waals surface area contributed by atoms with Gasteiger partial charge < -0.3 is 10.1 Å². The number of nitrogens with one attached hydrogen (secondary N) is 1. The van der Waals surface area contributed by atoms with Crippen molar-refractivity contribution in [2.75, 3.05) is 12.4 Å². The Morgan fingerprint density at radius 1 is 1.38 bits per heavy atom. The van der Waals surface area contributed by atoms with E-state index in [0.717, 1.165) is 6.61 Å². The molecule has 0 aromatic heterocycles. The number of hydrogen-bond donors (Lipinski definition) is 1. The van der Waals surface area contributed by atoms with E-state index in [9.17, 15) is 0 Å². The highest BCUT2D eigenvalue weighted by molar-refractivity contribution is 8.00. The second-order valence-electron chi connectivity index (χ2n) is 5.83. The Morgan fingerprint density at radius 2 is 2.06 bits per heavy atom. The summed E-state index contributed by atoms with van der Waals surface area (Å²) < 4.78 is 6.06. The molecule has 0 bridgehead atoms. The van der Waals surface area contributed by atoms with Gasteiger partial charge in [0.05, 0.1) is 6.10 Å². The first-order chi connectivity index (χ1) is 7.38. The molecule has 0 aromatic rings. The molecule has 3 heteroatoms. The van der Waals surface area contributed by atoms with Crippen molar-refractivity contribution in [2.24, 2.45) is 0 Å². The van der Waals surface area contributed by atoms with Gasteiger partial charge in [0.15, 0.2) is 0 Å². The van der Waals surface area contributed by atoms with Gasteiger partial charge in [0.1, 0.15) is 0 Å². The minimum absolute atomic E-state index is 0.364. The molecule has 0 radical (unpaired) electrons. The number of rotatable bonds is 5. The molecule has 1 saturated heterocycles. The normalized spacial score (nSPS) is 25.7. The van der Waals surface area contributed by atoms with Crippen LogP contribution in [0.15, 0.2) is 0 Å². The molecule has 0 amide bonds. The molecule has 1 N–H and O–H groups in total.